The van der Waals surface area contributed by atoms with Crippen LogP contribution in [0.5, 0.6) is 0 Å². The summed E-state index contributed by atoms with van der Waals surface area (Å²) in [6, 6.07) is 0. The number of fused-ring (bicyclic) bond motifs is 3. The van der Waals surface area contributed by atoms with Crippen molar-refractivity contribution in [1.82, 2.24) is 0 Å². The zero-order chi connectivity index (χ0) is 21.2. The number of ether oxygens (including phenoxy) is 2. The van der Waals surface area contributed by atoms with Crippen LogP contribution in [0, 0.1) is 34.0 Å². The smallest absolute Gasteiger partial charge is 0.302 e. The second kappa shape index (κ2) is 6.70. The van der Waals surface area contributed by atoms with Crippen LogP contribution in [-0.4, -0.2) is 35.4 Å². The van der Waals surface area contributed by atoms with Gasteiger partial charge in [0.25, 0.3) is 0 Å². The van der Waals surface area contributed by atoms with E-state index >= 15 is 0 Å². The molecule has 0 aromatic rings. The number of carbonyl (C=O) groups is 2. The van der Waals surface area contributed by atoms with Crippen LogP contribution in [0.2, 0.25) is 0 Å². The Kier molecular flexibility index (Phi) is 4.88. The van der Waals surface area contributed by atoms with Crippen LogP contribution in [0.4, 0.5) is 0 Å². The first kappa shape index (κ1) is 21.1. The van der Waals surface area contributed by atoms with E-state index < -0.39 is 5.60 Å². The van der Waals surface area contributed by atoms with Gasteiger partial charge < -0.3 is 14.6 Å². The van der Waals surface area contributed by atoms with Crippen LogP contribution in [-0.2, 0) is 19.1 Å². The van der Waals surface area contributed by atoms with Gasteiger partial charge in [-0.15, -0.1) is 0 Å². The molecule has 5 heteroatoms. The maximum absolute atomic E-state index is 12.1. The molecule has 8 unspecified atom stereocenters. The molecule has 2 bridgehead atoms. The van der Waals surface area contributed by atoms with Crippen molar-refractivity contribution in [2.75, 3.05) is 6.61 Å². The molecule has 0 radical (unpaired) electrons. The number of aliphatic hydroxyl groups is 1. The molecule has 8 atom stereocenters. The van der Waals surface area contributed by atoms with Crippen LogP contribution in [0.25, 0.3) is 0 Å². The van der Waals surface area contributed by atoms with Crippen molar-refractivity contribution in [3.05, 3.63) is 0 Å². The van der Waals surface area contributed by atoms with Gasteiger partial charge in [-0.25, -0.2) is 0 Å². The Morgan fingerprint density at radius 1 is 1.03 bits per heavy atom. The lowest BCUT2D eigenvalue weighted by Gasteiger charge is -2.65. The third-order valence-electron chi connectivity index (χ3n) is 9.59. The minimum Gasteiger partial charge on any atom is -0.465 e. The molecule has 4 rings (SSSR count). The molecule has 4 saturated carbocycles. The molecular formula is C24H38O5. The largest absolute Gasteiger partial charge is 0.465 e. The molecule has 4 aliphatic carbocycles. The van der Waals surface area contributed by atoms with Gasteiger partial charge in [0, 0.05) is 24.7 Å². The Labute approximate surface area is 174 Å². The van der Waals surface area contributed by atoms with Gasteiger partial charge >= 0.3 is 11.9 Å². The van der Waals surface area contributed by atoms with Crippen molar-refractivity contribution in [2.24, 2.45) is 34.0 Å². The number of carbonyl (C=O) groups excluding carboxylic acids is 2. The Hall–Kier alpha value is -1.10. The van der Waals surface area contributed by atoms with Gasteiger partial charge in [0.2, 0.25) is 0 Å². The second-order valence-corrected chi connectivity index (χ2v) is 11.5. The fourth-order valence-corrected chi connectivity index (χ4v) is 8.59. The number of rotatable bonds is 3. The summed E-state index contributed by atoms with van der Waals surface area (Å²) in [6.07, 6.45) is 7.83. The van der Waals surface area contributed by atoms with Crippen molar-refractivity contribution in [1.29, 1.82) is 0 Å². The van der Waals surface area contributed by atoms with Gasteiger partial charge in [0.05, 0.1) is 12.2 Å². The predicted molar refractivity (Wildman–Crippen MR) is 109 cm³/mol. The number of hydrogen-bond acceptors (Lipinski definition) is 5. The fraction of sp³-hybridized carbons (Fsp3) is 0.917. The number of hydrogen-bond donors (Lipinski definition) is 1. The molecule has 1 N–H and O–H groups in total. The Bertz CT molecular complexity index is 701. The highest BCUT2D eigenvalue weighted by Crippen LogP contribution is 2.73. The normalized spacial score (nSPS) is 51.0. The average molecular weight is 407 g/mol. The Morgan fingerprint density at radius 3 is 2.41 bits per heavy atom. The van der Waals surface area contributed by atoms with Crippen molar-refractivity contribution in [3.8, 4) is 0 Å². The summed E-state index contributed by atoms with van der Waals surface area (Å²) in [5, 5.41) is 11.2. The standard InChI is InChI=1S/C24H38O5/c1-15(25)28-14-21(3)9-6-10-22(4)18-8-7-17-12-24(18,13-23(17,5)27)20(11-19(21)22)29-16(2)26/h17-20,27H,6-14H2,1-5H3. The minimum absolute atomic E-state index is 0.101. The minimum atomic E-state index is -0.675. The van der Waals surface area contributed by atoms with Crippen molar-refractivity contribution < 1.29 is 24.2 Å². The zero-order valence-electron chi connectivity index (χ0n) is 18.8. The average Bonchev–Trinajstić information content (AvgIpc) is 2.80. The zero-order valence-corrected chi connectivity index (χ0v) is 18.8. The van der Waals surface area contributed by atoms with Gasteiger partial charge in [-0.3, -0.25) is 9.59 Å². The molecular weight excluding hydrogens is 368 g/mol. The third-order valence-corrected chi connectivity index (χ3v) is 9.59. The fourth-order valence-electron chi connectivity index (χ4n) is 8.59. The van der Waals surface area contributed by atoms with E-state index in [1.807, 2.05) is 6.92 Å². The lowest BCUT2D eigenvalue weighted by molar-refractivity contribution is -0.221. The Balaban J connectivity index is 1.75. The van der Waals surface area contributed by atoms with E-state index in [1.54, 1.807) is 0 Å². The third kappa shape index (κ3) is 3.14. The summed E-state index contributed by atoms with van der Waals surface area (Å²) >= 11 is 0. The summed E-state index contributed by atoms with van der Waals surface area (Å²) in [7, 11) is 0. The van der Waals surface area contributed by atoms with E-state index in [9.17, 15) is 14.7 Å². The maximum atomic E-state index is 12.1. The molecule has 0 aliphatic heterocycles. The summed E-state index contributed by atoms with van der Waals surface area (Å²) in [5.41, 5.74) is -0.777. The molecule has 0 heterocycles. The first-order valence-electron chi connectivity index (χ1n) is 11.5. The van der Waals surface area contributed by atoms with Gasteiger partial charge in [0.1, 0.15) is 6.10 Å². The molecule has 0 saturated heterocycles. The van der Waals surface area contributed by atoms with Gasteiger partial charge in [0.15, 0.2) is 0 Å². The molecule has 0 aromatic heterocycles. The van der Waals surface area contributed by atoms with E-state index in [0.29, 0.717) is 24.4 Å². The van der Waals surface area contributed by atoms with Crippen LogP contribution < -0.4 is 0 Å². The first-order chi connectivity index (χ1) is 13.4. The lowest BCUT2D eigenvalue weighted by atomic mass is 9.40. The van der Waals surface area contributed by atoms with E-state index in [1.165, 1.54) is 20.3 Å². The molecule has 164 valence electrons. The molecule has 0 aromatic carbocycles. The second-order valence-electron chi connectivity index (χ2n) is 11.5. The first-order valence-corrected chi connectivity index (χ1v) is 11.5. The molecule has 5 nitrogen and oxygen atoms in total. The van der Waals surface area contributed by atoms with Crippen molar-refractivity contribution >= 4 is 11.9 Å². The van der Waals surface area contributed by atoms with E-state index in [-0.39, 0.29) is 34.3 Å². The molecule has 4 aliphatic rings. The highest BCUT2D eigenvalue weighted by Gasteiger charge is 2.70. The van der Waals surface area contributed by atoms with Gasteiger partial charge in [-0.1, -0.05) is 20.3 Å². The quantitative estimate of drug-likeness (QED) is 0.709. The Morgan fingerprint density at radius 2 is 1.76 bits per heavy atom. The van der Waals surface area contributed by atoms with Crippen LogP contribution in [0.1, 0.15) is 86.0 Å². The van der Waals surface area contributed by atoms with Crippen molar-refractivity contribution in [3.63, 3.8) is 0 Å². The van der Waals surface area contributed by atoms with E-state index in [0.717, 1.165) is 44.9 Å². The summed E-state index contributed by atoms with van der Waals surface area (Å²) < 4.78 is 11.6. The monoisotopic (exact) mass is 406 g/mol. The number of esters is 2. The van der Waals surface area contributed by atoms with Crippen LogP contribution in [0.15, 0.2) is 0 Å². The van der Waals surface area contributed by atoms with Gasteiger partial charge in [-0.05, 0) is 75.0 Å². The summed E-state index contributed by atoms with van der Waals surface area (Å²) in [5.74, 6) is 0.617. The molecule has 1 spiro atoms. The van der Waals surface area contributed by atoms with Crippen LogP contribution >= 0.6 is 0 Å². The maximum Gasteiger partial charge on any atom is 0.302 e. The molecule has 4 fully saturated rings. The topological polar surface area (TPSA) is 72.8 Å². The van der Waals surface area contributed by atoms with Crippen LogP contribution in [0.3, 0.4) is 0 Å². The highest BCUT2D eigenvalue weighted by molar-refractivity contribution is 5.66. The van der Waals surface area contributed by atoms with Crippen molar-refractivity contribution in [2.45, 2.75) is 97.7 Å². The predicted octanol–water partition coefficient (Wildman–Crippen LogP) is 4.26. The lowest BCUT2D eigenvalue weighted by Crippen LogP contribution is -2.63. The summed E-state index contributed by atoms with van der Waals surface area (Å²) in [6.45, 7) is 10.1. The molecule has 0 amide bonds. The summed E-state index contributed by atoms with van der Waals surface area (Å²) in [4.78, 5) is 23.6. The molecule has 29 heavy (non-hydrogen) atoms. The van der Waals surface area contributed by atoms with Gasteiger partial charge in [-0.2, -0.15) is 0 Å². The van der Waals surface area contributed by atoms with E-state index in [2.05, 4.69) is 13.8 Å². The van der Waals surface area contributed by atoms with E-state index in [4.69, 9.17) is 9.47 Å². The highest BCUT2D eigenvalue weighted by atomic mass is 16.5. The SMILES string of the molecule is CC(=O)OCC1(C)CCCC2(C)C1CC(OC(C)=O)C13CC(CCC21)C(C)(O)C3.